The molecule has 1 aliphatic rings. The van der Waals surface area contributed by atoms with E-state index in [1.54, 1.807) is 13.2 Å². The molecule has 0 fully saturated rings. The van der Waals surface area contributed by atoms with E-state index < -0.39 is 52.3 Å². The zero-order valence-electron chi connectivity index (χ0n) is 17.5. The van der Waals surface area contributed by atoms with Crippen molar-refractivity contribution in [2.75, 3.05) is 12.0 Å². The number of hydrogen-bond acceptors (Lipinski definition) is 6. The lowest BCUT2D eigenvalue weighted by Crippen LogP contribution is -2.15. The largest absolute Gasteiger partial charge is 0.415 e. The van der Waals surface area contributed by atoms with Gasteiger partial charge in [-0.25, -0.2) is 27.3 Å². The maximum atomic E-state index is 13.8. The smallest absolute Gasteiger partial charge is 0.361 e. The molecular formula is C22H14F6N2O2S2. The Morgan fingerprint density at radius 3 is 2.15 bits per heavy atom. The van der Waals surface area contributed by atoms with Crippen LogP contribution < -0.4 is 4.74 Å². The van der Waals surface area contributed by atoms with Crippen molar-refractivity contribution < 1.29 is 35.9 Å². The maximum absolute atomic E-state index is 13.8. The maximum Gasteiger partial charge on any atom is 0.361 e. The first-order chi connectivity index (χ1) is 16.0. The molecule has 0 atom stereocenters. The highest BCUT2D eigenvalue weighted by Crippen LogP contribution is 2.36. The quantitative estimate of drug-likeness (QED) is 0.0686. The standard InChI is InChI=1S/C22H14F6N2O2S2/c1-9-8-34-20(18(29-9)11-4-6-12(23)7-5-11)21(33-3)30-10(2)22(31)32-19-16(27)14(25)13(24)15(26)17(19)28/h4-7H,2,8H2,1,3H3. The van der Waals surface area contributed by atoms with Crippen LogP contribution in [0.3, 0.4) is 0 Å². The van der Waals surface area contributed by atoms with E-state index in [1.807, 2.05) is 0 Å². The second-order valence-corrected chi connectivity index (χ2v) is 8.46. The van der Waals surface area contributed by atoms with Crippen LogP contribution in [0.5, 0.6) is 5.75 Å². The summed E-state index contributed by atoms with van der Waals surface area (Å²) >= 11 is 2.41. The van der Waals surface area contributed by atoms with Crippen LogP contribution in [-0.2, 0) is 4.79 Å². The van der Waals surface area contributed by atoms with Gasteiger partial charge < -0.3 is 4.74 Å². The Balaban J connectivity index is 1.97. The Bertz CT molecular complexity index is 1240. The molecule has 4 nitrogen and oxygen atoms in total. The summed E-state index contributed by atoms with van der Waals surface area (Å²) in [4.78, 5) is 21.3. The first-order valence-corrected chi connectivity index (χ1v) is 11.5. The zero-order chi connectivity index (χ0) is 25.2. The number of carbonyl (C=O) groups excluding carboxylic acids is 1. The number of carbonyl (C=O) groups is 1. The van der Waals surface area contributed by atoms with Crippen LogP contribution in [0, 0.1) is 34.9 Å². The second-order valence-electron chi connectivity index (χ2n) is 6.68. The minimum Gasteiger partial charge on any atom is -0.415 e. The minimum atomic E-state index is -2.39. The number of rotatable bonds is 5. The lowest BCUT2D eigenvalue weighted by molar-refractivity contribution is -0.130. The number of thioether (sulfide) groups is 2. The van der Waals surface area contributed by atoms with E-state index in [0.29, 0.717) is 21.9 Å². The second kappa shape index (κ2) is 10.5. The van der Waals surface area contributed by atoms with Gasteiger partial charge in [0.25, 0.3) is 0 Å². The Labute approximate surface area is 198 Å². The number of nitrogens with zero attached hydrogens (tertiary/aromatic N) is 2. The minimum absolute atomic E-state index is 0.222. The third kappa shape index (κ3) is 5.22. The molecule has 0 amide bonds. The predicted molar refractivity (Wildman–Crippen MR) is 121 cm³/mol. The lowest BCUT2D eigenvalue weighted by Gasteiger charge is -2.18. The molecule has 0 aliphatic carbocycles. The zero-order valence-corrected chi connectivity index (χ0v) is 19.2. The average Bonchev–Trinajstić information content (AvgIpc) is 2.83. The van der Waals surface area contributed by atoms with Gasteiger partial charge in [0.1, 0.15) is 16.6 Å². The molecule has 0 saturated heterocycles. The first-order valence-electron chi connectivity index (χ1n) is 9.27. The molecule has 0 radical (unpaired) electrons. The van der Waals surface area contributed by atoms with Crippen molar-refractivity contribution in [1.82, 2.24) is 0 Å². The Hall–Kier alpha value is -2.99. The third-order valence-electron chi connectivity index (χ3n) is 4.28. The third-order valence-corrected chi connectivity index (χ3v) is 6.33. The average molecular weight is 516 g/mol. The number of aliphatic imine (C=N–C) groups is 2. The molecule has 1 aliphatic heterocycles. The number of hydrogen-bond donors (Lipinski definition) is 0. The summed E-state index contributed by atoms with van der Waals surface area (Å²) in [7, 11) is 0. The summed E-state index contributed by atoms with van der Waals surface area (Å²) in [5.41, 5.74) is 1.13. The van der Waals surface area contributed by atoms with Crippen molar-refractivity contribution in [3.63, 3.8) is 0 Å². The van der Waals surface area contributed by atoms with Gasteiger partial charge in [0.05, 0.1) is 10.6 Å². The van der Waals surface area contributed by atoms with E-state index in [4.69, 9.17) is 0 Å². The topological polar surface area (TPSA) is 51.0 Å². The van der Waals surface area contributed by atoms with Crippen LogP contribution >= 0.6 is 23.5 Å². The highest BCUT2D eigenvalue weighted by atomic mass is 32.2. The van der Waals surface area contributed by atoms with Crippen molar-refractivity contribution in [2.24, 2.45) is 9.98 Å². The highest BCUT2D eigenvalue weighted by molar-refractivity contribution is 8.17. The van der Waals surface area contributed by atoms with Gasteiger partial charge in [-0.3, -0.25) is 4.99 Å². The number of halogens is 6. The predicted octanol–water partition coefficient (Wildman–Crippen LogP) is 6.28. The molecule has 178 valence electrons. The molecule has 0 spiro atoms. The van der Waals surface area contributed by atoms with Gasteiger partial charge >= 0.3 is 5.97 Å². The van der Waals surface area contributed by atoms with Gasteiger partial charge in [-0.05, 0) is 37.4 Å². The van der Waals surface area contributed by atoms with Crippen LogP contribution in [0.25, 0.3) is 5.70 Å². The van der Waals surface area contributed by atoms with Gasteiger partial charge in [0, 0.05) is 17.0 Å². The lowest BCUT2D eigenvalue weighted by atomic mass is 10.1. The first kappa shape index (κ1) is 25.6. The molecule has 3 rings (SSSR count). The van der Waals surface area contributed by atoms with Gasteiger partial charge in [0.2, 0.25) is 34.8 Å². The molecule has 0 unspecified atom stereocenters. The van der Waals surface area contributed by atoms with E-state index in [2.05, 4.69) is 21.3 Å². The molecule has 12 heteroatoms. The molecule has 0 bridgehead atoms. The summed E-state index contributed by atoms with van der Waals surface area (Å²) in [5, 5.41) is 0.222. The van der Waals surface area contributed by atoms with E-state index in [1.165, 1.54) is 36.0 Å². The summed E-state index contributed by atoms with van der Waals surface area (Å²) in [6.07, 6.45) is 1.63. The van der Waals surface area contributed by atoms with E-state index in [-0.39, 0.29) is 5.04 Å². The monoisotopic (exact) mass is 516 g/mol. The SMILES string of the molecule is C=C(N=C(SC)C1=C(c2ccc(F)cc2)N=C(C)CS1)C(=O)Oc1c(F)c(F)c(F)c(F)c1F. The molecule has 2 aromatic rings. The molecule has 0 saturated carbocycles. The van der Waals surface area contributed by atoms with E-state index in [0.717, 1.165) is 17.5 Å². The van der Waals surface area contributed by atoms with Crippen LogP contribution in [0.1, 0.15) is 12.5 Å². The van der Waals surface area contributed by atoms with Crippen molar-refractivity contribution in [2.45, 2.75) is 6.92 Å². The van der Waals surface area contributed by atoms with Crippen LogP contribution in [-0.4, -0.2) is 28.7 Å². The van der Waals surface area contributed by atoms with Crippen molar-refractivity contribution >= 4 is 45.9 Å². The van der Waals surface area contributed by atoms with Crippen molar-refractivity contribution in [3.05, 3.63) is 81.9 Å². The molecule has 2 aromatic carbocycles. The fraction of sp³-hybridized carbons (Fsp3) is 0.136. The van der Waals surface area contributed by atoms with Crippen LogP contribution in [0.4, 0.5) is 26.3 Å². The summed E-state index contributed by atoms with van der Waals surface area (Å²) < 4.78 is 85.3. The van der Waals surface area contributed by atoms with Gasteiger partial charge in [-0.15, -0.1) is 23.5 Å². The number of ether oxygens (including phenoxy) is 1. The Morgan fingerprint density at radius 2 is 1.59 bits per heavy atom. The fourth-order valence-electron chi connectivity index (χ4n) is 2.67. The molecule has 0 N–H and O–H groups in total. The Kier molecular flexibility index (Phi) is 7.93. The molecule has 0 aromatic heterocycles. The van der Waals surface area contributed by atoms with Crippen molar-refractivity contribution in [1.29, 1.82) is 0 Å². The van der Waals surface area contributed by atoms with Gasteiger partial charge in [-0.1, -0.05) is 6.58 Å². The summed E-state index contributed by atoms with van der Waals surface area (Å²) in [6, 6.07) is 5.52. The molecule has 34 heavy (non-hydrogen) atoms. The number of esters is 1. The van der Waals surface area contributed by atoms with E-state index in [9.17, 15) is 31.1 Å². The van der Waals surface area contributed by atoms with Crippen molar-refractivity contribution in [3.8, 4) is 5.75 Å². The van der Waals surface area contributed by atoms with Crippen LogP contribution in [0.15, 0.2) is 51.4 Å². The highest BCUT2D eigenvalue weighted by Gasteiger charge is 2.29. The summed E-state index contributed by atoms with van der Waals surface area (Å²) in [6.45, 7) is 5.18. The summed E-state index contributed by atoms with van der Waals surface area (Å²) in [5.74, 6) is -14.8. The fourth-order valence-corrected chi connectivity index (χ4v) is 4.47. The number of benzene rings is 2. The molecule has 1 heterocycles. The Morgan fingerprint density at radius 1 is 1.03 bits per heavy atom. The van der Waals surface area contributed by atoms with Gasteiger partial charge in [0.15, 0.2) is 0 Å². The van der Waals surface area contributed by atoms with Gasteiger partial charge in [-0.2, -0.15) is 8.78 Å². The normalized spacial score (nSPS) is 14.2. The van der Waals surface area contributed by atoms with E-state index >= 15 is 0 Å². The van der Waals surface area contributed by atoms with Crippen LogP contribution in [0.2, 0.25) is 0 Å². The molecular weight excluding hydrogens is 502 g/mol.